The number of ether oxygens (including phenoxy) is 1. The Hall–Kier alpha value is -0.120. The molecule has 96 valence electrons. The summed E-state index contributed by atoms with van der Waals surface area (Å²) < 4.78 is 5.24. The van der Waals surface area contributed by atoms with Crippen LogP contribution in [0.4, 0.5) is 0 Å². The molecule has 1 aliphatic rings. The number of piperidine rings is 1. The van der Waals surface area contributed by atoms with E-state index in [4.69, 9.17) is 4.74 Å². The van der Waals surface area contributed by atoms with Crippen molar-refractivity contribution in [3.8, 4) is 0 Å². The molecular weight excluding hydrogens is 200 g/mol. The number of nitrogens with zero attached hydrogens (tertiary/aromatic N) is 1. The third-order valence-electron chi connectivity index (χ3n) is 4.02. The molecule has 0 aromatic heterocycles. The highest BCUT2D eigenvalue weighted by Crippen LogP contribution is 2.20. The fourth-order valence-electron chi connectivity index (χ4n) is 2.80. The Bertz CT molecular complexity index is 175. The van der Waals surface area contributed by atoms with Gasteiger partial charge in [0.2, 0.25) is 0 Å². The van der Waals surface area contributed by atoms with Crippen LogP contribution in [0, 0.1) is 5.92 Å². The predicted molar refractivity (Wildman–Crippen MR) is 68.8 cm³/mol. The van der Waals surface area contributed by atoms with Gasteiger partial charge in [0.25, 0.3) is 0 Å². The molecule has 3 heteroatoms. The minimum Gasteiger partial charge on any atom is -0.384 e. The number of nitrogens with one attached hydrogen (secondary N) is 1. The largest absolute Gasteiger partial charge is 0.384 e. The fraction of sp³-hybridized carbons (Fsp3) is 1.00. The molecule has 1 aliphatic heterocycles. The zero-order valence-corrected chi connectivity index (χ0v) is 11.3. The molecule has 0 radical (unpaired) electrons. The van der Waals surface area contributed by atoms with Crippen molar-refractivity contribution in [2.24, 2.45) is 5.92 Å². The van der Waals surface area contributed by atoms with E-state index in [0.717, 1.165) is 12.5 Å². The van der Waals surface area contributed by atoms with Crippen LogP contribution in [0.15, 0.2) is 0 Å². The number of likely N-dealkylation sites (N-methyl/N-ethyl adjacent to an activating group) is 1. The smallest absolute Gasteiger partial charge is 0.0491 e. The van der Waals surface area contributed by atoms with Crippen LogP contribution in [0.3, 0.4) is 0 Å². The quantitative estimate of drug-likeness (QED) is 0.749. The Morgan fingerprint density at radius 2 is 2.00 bits per heavy atom. The third-order valence-corrected chi connectivity index (χ3v) is 4.02. The molecule has 16 heavy (non-hydrogen) atoms. The first-order chi connectivity index (χ1) is 7.72. The molecule has 0 aliphatic carbocycles. The van der Waals surface area contributed by atoms with E-state index in [2.05, 4.69) is 31.1 Å². The lowest BCUT2D eigenvalue weighted by Gasteiger charge is -2.39. The zero-order chi connectivity index (χ0) is 12.0. The van der Waals surface area contributed by atoms with Crippen molar-refractivity contribution in [3.05, 3.63) is 0 Å². The summed E-state index contributed by atoms with van der Waals surface area (Å²) in [7, 11) is 3.88. The van der Waals surface area contributed by atoms with Crippen molar-refractivity contribution in [1.29, 1.82) is 0 Å². The second kappa shape index (κ2) is 7.25. The highest BCUT2D eigenvalue weighted by Gasteiger charge is 2.25. The standard InChI is InChI=1S/C13H28N2O/c1-5-13(14-3)11(2)15-8-6-12(7-9-15)10-16-4/h11-14H,5-10H2,1-4H3. The number of rotatable bonds is 6. The van der Waals surface area contributed by atoms with E-state index in [1.165, 1.54) is 32.4 Å². The van der Waals surface area contributed by atoms with Gasteiger partial charge in [0.15, 0.2) is 0 Å². The van der Waals surface area contributed by atoms with Gasteiger partial charge in [-0.15, -0.1) is 0 Å². The van der Waals surface area contributed by atoms with Gasteiger partial charge in [0, 0.05) is 25.8 Å². The molecule has 1 N–H and O–H groups in total. The van der Waals surface area contributed by atoms with Gasteiger partial charge < -0.3 is 10.1 Å². The van der Waals surface area contributed by atoms with E-state index in [0.29, 0.717) is 12.1 Å². The van der Waals surface area contributed by atoms with Gasteiger partial charge in [0.05, 0.1) is 0 Å². The molecule has 1 fully saturated rings. The molecule has 3 nitrogen and oxygen atoms in total. The SMILES string of the molecule is CCC(NC)C(C)N1CCC(COC)CC1. The predicted octanol–water partition coefficient (Wildman–Crippen LogP) is 1.73. The van der Waals surface area contributed by atoms with Crippen LogP contribution in [0.2, 0.25) is 0 Å². The summed E-state index contributed by atoms with van der Waals surface area (Å²) in [5.41, 5.74) is 0. The second-order valence-electron chi connectivity index (χ2n) is 4.98. The van der Waals surface area contributed by atoms with Crippen molar-refractivity contribution in [1.82, 2.24) is 10.2 Å². The fourth-order valence-corrected chi connectivity index (χ4v) is 2.80. The van der Waals surface area contributed by atoms with Crippen molar-refractivity contribution in [2.45, 2.75) is 45.2 Å². The lowest BCUT2D eigenvalue weighted by atomic mass is 9.95. The molecule has 0 aromatic carbocycles. The summed E-state index contributed by atoms with van der Waals surface area (Å²) in [6.45, 7) is 8.00. The Labute approximate surface area is 101 Å². The average molecular weight is 228 g/mol. The van der Waals surface area contributed by atoms with E-state index >= 15 is 0 Å². The molecule has 1 heterocycles. The van der Waals surface area contributed by atoms with Crippen LogP contribution >= 0.6 is 0 Å². The van der Waals surface area contributed by atoms with Gasteiger partial charge in [0.1, 0.15) is 0 Å². The molecule has 0 bridgehead atoms. The molecule has 0 amide bonds. The maximum absolute atomic E-state index is 5.24. The topological polar surface area (TPSA) is 24.5 Å². The number of hydrogen-bond acceptors (Lipinski definition) is 3. The molecule has 2 atom stereocenters. The highest BCUT2D eigenvalue weighted by molar-refractivity contribution is 4.83. The first-order valence-electron chi connectivity index (χ1n) is 6.63. The summed E-state index contributed by atoms with van der Waals surface area (Å²) >= 11 is 0. The summed E-state index contributed by atoms with van der Waals surface area (Å²) in [5.74, 6) is 0.781. The Morgan fingerprint density at radius 1 is 1.38 bits per heavy atom. The minimum atomic E-state index is 0.624. The zero-order valence-electron chi connectivity index (χ0n) is 11.3. The lowest BCUT2D eigenvalue weighted by molar-refractivity contribution is 0.0735. The molecule has 2 unspecified atom stereocenters. The van der Waals surface area contributed by atoms with Gasteiger partial charge >= 0.3 is 0 Å². The Balaban J connectivity index is 2.34. The van der Waals surface area contributed by atoms with Crippen LogP contribution < -0.4 is 5.32 Å². The first kappa shape index (κ1) is 13.9. The van der Waals surface area contributed by atoms with Crippen LogP contribution in [-0.4, -0.2) is 50.8 Å². The summed E-state index contributed by atoms with van der Waals surface area (Å²) in [6.07, 6.45) is 3.78. The van der Waals surface area contributed by atoms with Gasteiger partial charge in [-0.25, -0.2) is 0 Å². The van der Waals surface area contributed by atoms with Gasteiger partial charge in [-0.2, -0.15) is 0 Å². The van der Waals surface area contributed by atoms with E-state index < -0.39 is 0 Å². The molecular formula is C13H28N2O. The van der Waals surface area contributed by atoms with Crippen molar-refractivity contribution < 1.29 is 4.74 Å². The van der Waals surface area contributed by atoms with Crippen LogP contribution in [0.5, 0.6) is 0 Å². The van der Waals surface area contributed by atoms with Gasteiger partial charge in [-0.1, -0.05) is 6.92 Å². The Morgan fingerprint density at radius 3 is 2.44 bits per heavy atom. The maximum Gasteiger partial charge on any atom is 0.0491 e. The Kier molecular flexibility index (Phi) is 6.32. The summed E-state index contributed by atoms with van der Waals surface area (Å²) in [5, 5.41) is 3.42. The number of methoxy groups -OCH3 is 1. The molecule has 0 saturated carbocycles. The van der Waals surface area contributed by atoms with Gasteiger partial charge in [-0.05, 0) is 52.2 Å². The summed E-state index contributed by atoms with van der Waals surface area (Å²) in [6, 6.07) is 1.28. The average Bonchev–Trinajstić information content (AvgIpc) is 2.32. The highest BCUT2D eigenvalue weighted by atomic mass is 16.5. The second-order valence-corrected chi connectivity index (χ2v) is 4.98. The normalized spacial score (nSPS) is 23.2. The summed E-state index contributed by atoms with van der Waals surface area (Å²) in [4.78, 5) is 2.62. The van der Waals surface area contributed by atoms with Crippen LogP contribution in [0.25, 0.3) is 0 Å². The lowest BCUT2D eigenvalue weighted by Crippen LogP contribution is -2.50. The maximum atomic E-state index is 5.24. The van der Waals surface area contributed by atoms with E-state index in [9.17, 15) is 0 Å². The van der Waals surface area contributed by atoms with Crippen LogP contribution in [-0.2, 0) is 4.74 Å². The minimum absolute atomic E-state index is 0.624. The van der Waals surface area contributed by atoms with E-state index in [1.807, 2.05) is 7.11 Å². The van der Waals surface area contributed by atoms with Crippen molar-refractivity contribution in [2.75, 3.05) is 33.9 Å². The molecule has 1 saturated heterocycles. The van der Waals surface area contributed by atoms with E-state index in [1.54, 1.807) is 0 Å². The van der Waals surface area contributed by atoms with Gasteiger partial charge in [-0.3, -0.25) is 4.90 Å². The van der Waals surface area contributed by atoms with Crippen LogP contribution in [0.1, 0.15) is 33.1 Å². The molecule has 1 rings (SSSR count). The van der Waals surface area contributed by atoms with Crippen molar-refractivity contribution in [3.63, 3.8) is 0 Å². The molecule has 0 aromatic rings. The first-order valence-corrected chi connectivity index (χ1v) is 6.63. The van der Waals surface area contributed by atoms with E-state index in [-0.39, 0.29) is 0 Å². The van der Waals surface area contributed by atoms with Crippen molar-refractivity contribution >= 4 is 0 Å². The number of likely N-dealkylation sites (tertiary alicyclic amines) is 1. The monoisotopic (exact) mass is 228 g/mol. The third kappa shape index (κ3) is 3.72. The number of hydrogen-bond donors (Lipinski definition) is 1. The molecule has 0 spiro atoms.